The molecular formula is C13H19N3. The first-order valence-electron chi connectivity index (χ1n) is 5.54. The molecule has 16 heavy (non-hydrogen) atoms. The van der Waals surface area contributed by atoms with Gasteiger partial charge in [0.25, 0.3) is 0 Å². The SMILES string of the molecule is C/C=C(C#N)\N=C/C(C)C(CC#N)C(C)C. The van der Waals surface area contributed by atoms with Crippen LogP contribution in [0.5, 0.6) is 0 Å². The van der Waals surface area contributed by atoms with Crippen LogP contribution in [0.1, 0.15) is 34.1 Å². The van der Waals surface area contributed by atoms with Gasteiger partial charge in [0.05, 0.1) is 6.07 Å². The van der Waals surface area contributed by atoms with Crippen molar-refractivity contribution in [3.05, 3.63) is 11.8 Å². The molecule has 0 radical (unpaired) electrons. The van der Waals surface area contributed by atoms with E-state index in [2.05, 4.69) is 24.9 Å². The molecule has 0 fully saturated rings. The lowest BCUT2D eigenvalue weighted by Crippen LogP contribution is -2.18. The molecule has 3 nitrogen and oxygen atoms in total. The van der Waals surface area contributed by atoms with Crippen molar-refractivity contribution >= 4 is 6.21 Å². The number of hydrogen-bond acceptors (Lipinski definition) is 3. The lowest BCUT2D eigenvalue weighted by atomic mass is 9.83. The Labute approximate surface area is 98.1 Å². The van der Waals surface area contributed by atoms with Crippen molar-refractivity contribution in [1.82, 2.24) is 0 Å². The van der Waals surface area contributed by atoms with Crippen molar-refractivity contribution in [1.29, 1.82) is 10.5 Å². The van der Waals surface area contributed by atoms with Crippen molar-refractivity contribution in [2.45, 2.75) is 34.1 Å². The van der Waals surface area contributed by atoms with Gasteiger partial charge in [0.15, 0.2) is 0 Å². The van der Waals surface area contributed by atoms with E-state index >= 15 is 0 Å². The Kier molecular flexibility index (Phi) is 6.88. The standard InChI is InChI=1S/C13H19N3/c1-5-12(8-15)16-9-11(4)13(6-7-14)10(2)3/h5,9-11,13H,6H2,1-4H3/b12-5-,16-9-. The van der Waals surface area contributed by atoms with Gasteiger partial charge in [-0.05, 0) is 24.7 Å². The van der Waals surface area contributed by atoms with Gasteiger partial charge in [0.1, 0.15) is 11.8 Å². The predicted molar refractivity (Wildman–Crippen MR) is 65.6 cm³/mol. The summed E-state index contributed by atoms with van der Waals surface area (Å²) in [7, 11) is 0. The minimum Gasteiger partial charge on any atom is -0.250 e. The highest BCUT2D eigenvalue weighted by Crippen LogP contribution is 2.23. The Morgan fingerprint density at radius 3 is 2.31 bits per heavy atom. The molecule has 0 bridgehead atoms. The van der Waals surface area contributed by atoms with Gasteiger partial charge < -0.3 is 0 Å². The zero-order valence-electron chi connectivity index (χ0n) is 10.4. The number of nitriles is 2. The summed E-state index contributed by atoms with van der Waals surface area (Å²) in [6.45, 7) is 8.03. The second-order valence-electron chi connectivity index (χ2n) is 4.19. The summed E-state index contributed by atoms with van der Waals surface area (Å²) in [5, 5.41) is 17.5. The van der Waals surface area contributed by atoms with Gasteiger partial charge in [-0.1, -0.05) is 26.8 Å². The van der Waals surface area contributed by atoms with Gasteiger partial charge in [-0.3, -0.25) is 0 Å². The average Bonchev–Trinajstić information content (AvgIpc) is 2.26. The van der Waals surface area contributed by atoms with Crippen LogP contribution in [-0.2, 0) is 0 Å². The first-order valence-corrected chi connectivity index (χ1v) is 5.54. The summed E-state index contributed by atoms with van der Waals surface area (Å²) in [4.78, 5) is 4.11. The van der Waals surface area contributed by atoms with Crippen molar-refractivity contribution in [3.8, 4) is 12.1 Å². The van der Waals surface area contributed by atoms with E-state index in [4.69, 9.17) is 10.5 Å². The minimum atomic E-state index is 0.211. The van der Waals surface area contributed by atoms with Crippen molar-refractivity contribution in [2.75, 3.05) is 0 Å². The van der Waals surface area contributed by atoms with Crippen LogP contribution < -0.4 is 0 Å². The number of rotatable bonds is 5. The van der Waals surface area contributed by atoms with Gasteiger partial charge in [-0.2, -0.15) is 10.5 Å². The zero-order valence-corrected chi connectivity index (χ0v) is 10.4. The largest absolute Gasteiger partial charge is 0.250 e. The first-order chi connectivity index (χ1) is 7.56. The molecule has 0 spiro atoms. The normalized spacial score (nSPS) is 15.8. The molecule has 0 amide bonds. The third-order valence-electron chi connectivity index (χ3n) is 2.70. The maximum absolute atomic E-state index is 8.75. The lowest BCUT2D eigenvalue weighted by molar-refractivity contribution is 0.337. The third-order valence-corrected chi connectivity index (χ3v) is 2.70. The van der Waals surface area contributed by atoms with Gasteiger partial charge in [0, 0.05) is 12.6 Å². The van der Waals surface area contributed by atoms with Crippen LogP contribution in [0.3, 0.4) is 0 Å². The van der Waals surface area contributed by atoms with E-state index in [0.29, 0.717) is 24.0 Å². The van der Waals surface area contributed by atoms with Gasteiger partial charge >= 0.3 is 0 Å². The zero-order chi connectivity index (χ0) is 12.6. The molecule has 0 rings (SSSR count). The molecule has 0 aliphatic heterocycles. The fourth-order valence-electron chi connectivity index (χ4n) is 1.61. The van der Waals surface area contributed by atoms with Crippen LogP contribution in [0.15, 0.2) is 16.8 Å². The topological polar surface area (TPSA) is 59.9 Å². The minimum absolute atomic E-state index is 0.211. The molecule has 0 heterocycles. The van der Waals surface area contributed by atoms with E-state index in [9.17, 15) is 0 Å². The van der Waals surface area contributed by atoms with Crippen molar-refractivity contribution in [2.24, 2.45) is 22.7 Å². The molecule has 86 valence electrons. The molecule has 2 atom stereocenters. The maximum atomic E-state index is 8.75. The van der Waals surface area contributed by atoms with E-state index in [0.717, 1.165) is 0 Å². The highest BCUT2D eigenvalue weighted by atomic mass is 14.7. The fraction of sp³-hybridized carbons (Fsp3) is 0.615. The molecule has 0 aromatic carbocycles. The summed E-state index contributed by atoms with van der Waals surface area (Å²) >= 11 is 0. The van der Waals surface area contributed by atoms with E-state index in [1.54, 1.807) is 19.2 Å². The summed E-state index contributed by atoms with van der Waals surface area (Å²) in [6.07, 6.45) is 3.99. The molecule has 0 aliphatic rings. The number of hydrogen-bond donors (Lipinski definition) is 0. The molecule has 0 saturated heterocycles. The van der Waals surface area contributed by atoms with Crippen LogP contribution in [0.2, 0.25) is 0 Å². The molecule has 0 N–H and O–H groups in total. The number of allylic oxidation sites excluding steroid dienone is 2. The molecule has 2 unspecified atom stereocenters. The van der Waals surface area contributed by atoms with Crippen molar-refractivity contribution < 1.29 is 0 Å². The van der Waals surface area contributed by atoms with E-state index in [1.165, 1.54) is 0 Å². The van der Waals surface area contributed by atoms with Crippen LogP contribution in [0.25, 0.3) is 0 Å². The summed E-state index contributed by atoms with van der Waals surface area (Å²) in [5.41, 5.74) is 0.423. The molecule has 0 aromatic heterocycles. The summed E-state index contributed by atoms with van der Waals surface area (Å²) in [6, 6.07) is 4.21. The predicted octanol–water partition coefficient (Wildman–Crippen LogP) is 3.31. The molecule has 0 saturated carbocycles. The summed E-state index contributed by atoms with van der Waals surface area (Å²) < 4.78 is 0. The second kappa shape index (κ2) is 7.65. The molecule has 3 heteroatoms. The third kappa shape index (κ3) is 4.75. The Morgan fingerprint density at radius 2 is 1.94 bits per heavy atom. The Bertz CT molecular complexity index is 339. The fourth-order valence-corrected chi connectivity index (χ4v) is 1.61. The Balaban J connectivity index is 4.61. The van der Waals surface area contributed by atoms with Gasteiger partial charge in [0.2, 0.25) is 0 Å². The van der Waals surface area contributed by atoms with Gasteiger partial charge in [-0.25, -0.2) is 4.99 Å². The van der Waals surface area contributed by atoms with E-state index < -0.39 is 0 Å². The highest BCUT2D eigenvalue weighted by molar-refractivity contribution is 5.63. The number of aliphatic imine (C=N–C) groups is 1. The Hall–Kier alpha value is -1.61. The van der Waals surface area contributed by atoms with Crippen LogP contribution >= 0.6 is 0 Å². The van der Waals surface area contributed by atoms with E-state index in [1.807, 2.05) is 13.0 Å². The monoisotopic (exact) mass is 217 g/mol. The van der Waals surface area contributed by atoms with Crippen molar-refractivity contribution in [3.63, 3.8) is 0 Å². The molecule has 0 aromatic rings. The van der Waals surface area contributed by atoms with Crippen LogP contribution in [0, 0.1) is 40.4 Å². The highest BCUT2D eigenvalue weighted by Gasteiger charge is 2.19. The summed E-state index contributed by atoms with van der Waals surface area (Å²) in [5.74, 6) is 0.950. The maximum Gasteiger partial charge on any atom is 0.135 e. The lowest BCUT2D eigenvalue weighted by Gasteiger charge is -2.21. The second-order valence-corrected chi connectivity index (χ2v) is 4.19. The van der Waals surface area contributed by atoms with E-state index in [-0.39, 0.29) is 5.92 Å². The smallest absolute Gasteiger partial charge is 0.135 e. The van der Waals surface area contributed by atoms with Gasteiger partial charge in [-0.15, -0.1) is 0 Å². The average molecular weight is 217 g/mol. The molecular weight excluding hydrogens is 198 g/mol. The number of nitrogens with zero attached hydrogens (tertiary/aromatic N) is 3. The Morgan fingerprint density at radius 1 is 1.31 bits per heavy atom. The van der Waals surface area contributed by atoms with Crippen LogP contribution in [-0.4, -0.2) is 6.21 Å². The quantitative estimate of drug-likeness (QED) is 0.524. The first kappa shape index (κ1) is 14.4. The van der Waals surface area contributed by atoms with Crippen LogP contribution in [0.4, 0.5) is 0 Å². The molecule has 0 aliphatic carbocycles.